The number of para-hydroxylation sites is 1. The number of nitrogens with one attached hydrogen (secondary N) is 1. The van der Waals surface area contributed by atoms with E-state index in [9.17, 15) is 27.7 Å². The van der Waals surface area contributed by atoms with Gasteiger partial charge < -0.3 is 10.2 Å². The zero-order chi connectivity index (χ0) is 15.5. The first-order chi connectivity index (χ1) is 9.16. The molecule has 110 valence electrons. The van der Waals surface area contributed by atoms with Crippen LogP contribution in [0.1, 0.15) is 0 Å². The molecule has 0 spiro atoms. The second-order valence-corrected chi connectivity index (χ2v) is 5.28. The van der Waals surface area contributed by atoms with Crippen LogP contribution in [0.25, 0.3) is 0 Å². The summed E-state index contributed by atoms with van der Waals surface area (Å²) in [6.45, 7) is -0.911. The minimum atomic E-state index is -4.54. The Balaban J connectivity index is 3.14. The number of aliphatic hydroxyl groups excluding tert-OH is 1. The van der Waals surface area contributed by atoms with Crippen molar-refractivity contribution < 1.29 is 32.7 Å². The van der Waals surface area contributed by atoms with E-state index in [1.54, 1.807) is 4.72 Å². The summed E-state index contributed by atoms with van der Waals surface area (Å²) in [5.74, 6) is -3.03. The van der Waals surface area contributed by atoms with E-state index in [0.29, 0.717) is 6.07 Å². The molecule has 9 nitrogen and oxygen atoms in total. The molecule has 0 aliphatic carbocycles. The molecule has 1 unspecified atom stereocenters. The molecule has 0 amide bonds. The summed E-state index contributed by atoms with van der Waals surface area (Å²) in [4.78, 5) is 18.8. The highest BCUT2D eigenvalue weighted by Crippen LogP contribution is 2.26. The van der Waals surface area contributed by atoms with Crippen molar-refractivity contribution in [2.24, 2.45) is 0 Å². The van der Waals surface area contributed by atoms with Gasteiger partial charge in [-0.15, -0.1) is 0 Å². The van der Waals surface area contributed by atoms with E-state index in [1.807, 2.05) is 0 Å². The number of hydrogen-bond acceptors (Lipinski definition) is 6. The molecule has 11 heteroatoms. The zero-order valence-corrected chi connectivity index (χ0v) is 10.5. The minimum absolute atomic E-state index is 0.712. The van der Waals surface area contributed by atoms with E-state index >= 15 is 0 Å². The second-order valence-electron chi connectivity index (χ2n) is 3.55. The van der Waals surface area contributed by atoms with Crippen LogP contribution in [0.3, 0.4) is 0 Å². The lowest BCUT2D eigenvalue weighted by molar-refractivity contribution is -0.390. The van der Waals surface area contributed by atoms with Gasteiger partial charge in [-0.2, -0.15) is 4.39 Å². The molecular weight excluding hydrogens is 299 g/mol. The number of aliphatic hydroxyl groups is 1. The highest BCUT2D eigenvalue weighted by atomic mass is 32.2. The molecule has 0 saturated carbocycles. The van der Waals surface area contributed by atoms with Gasteiger partial charge in [-0.25, -0.2) is 17.9 Å². The fourth-order valence-electron chi connectivity index (χ4n) is 1.24. The van der Waals surface area contributed by atoms with E-state index in [4.69, 9.17) is 10.2 Å². The van der Waals surface area contributed by atoms with Crippen LogP contribution in [-0.4, -0.2) is 42.2 Å². The van der Waals surface area contributed by atoms with Crippen LogP contribution in [0.2, 0.25) is 0 Å². The topological polar surface area (TPSA) is 147 Å². The summed E-state index contributed by atoms with van der Waals surface area (Å²) in [6, 6.07) is 2.45. The Morgan fingerprint density at radius 2 is 2.10 bits per heavy atom. The fraction of sp³-hybridized carbons (Fsp3) is 0.222. The molecule has 0 aliphatic heterocycles. The Hall–Kier alpha value is -2.11. The first-order valence-electron chi connectivity index (χ1n) is 5.00. The Kier molecular flexibility index (Phi) is 4.70. The molecule has 1 atom stereocenters. The number of sulfonamides is 1. The third-order valence-electron chi connectivity index (χ3n) is 2.17. The van der Waals surface area contributed by atoms with Gasteiger partial charge in [-0.1, -0.05) is 6.07 Å². The number of carbonyl (C=O) groups is 1. The van der Waals surface area contributed by atoms with Gasteiger partial charge in [0, 0.05) is 6.54 Å². The molecule has 0 fully saturated rings. The SMILES string of the molecule is O=C(O)C(O)CNS(=O)(=O)c1cccc(F)c1[N+](=O)[O-]. The summed E-state index contributed by atoms with van der Waals surface area (Å²) in [5.41, 5.74) is -1.26. The van der Waals surface area contributed by atoms with Crippen LogP contribution in [0.5, 0.6) is 0 Å². The number of rotatable bonds is 6. The van der Waals surface area contributed by atoms with E-state index in [2.05, 4.69) is 0 Å². The van der Waals surface area contributed by atoms with Crippen molar-refractivity contribution in [1.82, 2.24) is 4.72 Å². The van der Waals surface area contributed by atoms with Crippen molar-refractivity contribution in [1.29, 1.82) is 0 Å². The van der Waals surface area contributed by atoms with Gasteiger partial charge in [-0.05, 0) is 12.1 Å². The predicted octanol–water partition coefficient (Wildman–Crippen LogP) is -0.542. The standard InChI is InChI=1S/C9H9FN2O7S/c10-5-2-1-3-7(8(5)12(16)17)20(18,19)11-4-6(13)9(14)15/h1-3,6,11,13H,4H2,(H,14,15). The van der Waals surface area contributed by atoms with Gasteiger partial charge in [0.05, 0.1) is 4.92 Å². The number of carboxylic acids is 1. The number of hydrogen-bond donors (Lipinski definition) is 3. The molecule has 0 heterocycles. The Labute approximate surface area is 111 Å². The largest absolute Gasteiger partial charge is 0.479 e. The lowest BCUT2D eigenvalue weighted by Gasteiger charge is -2.09. The van der Waals surface area contributed by atoms with Gasteiger partial charge in [-0.3, -0.25) is 10.1 Å². The van der Waals surface area contributed by atoms with Crippen molar-refractivity contribution in [3.63, 3.8) is 0 Å². The molecule has 20 heavy (non-hydrogen) atoms. The number of nitro benzene ring substituents is 1. The van der Waals surface area contributed by atoms with E-state index in [-0.39, 0.29) is 0 Å². The number of halogens is 1. The van der Waals surface area contributed by atoms with Gasteiger partial charge in [0.25, 0.3) is 0 Å². The van der Waals surface area contributed by atoms with Crippen LogP contribution in [-0.2, 0) is 14.8 Å². The van der Waals surface area contributed by atoms with Gasteiger partial charge in [0.1, 0.15) is 0 Å². The van der Waals surface area contributed by atoms with Crippen LogP contribution >= 0.6 is 0 Å². The molecule has 1 aromatic carbocycles. The van der Waals surface area contributed by atoms with E-state index < -0.39 is 50.0 Å². The molecular formula is C9H9FN2O7S. The molecule has 1 rings (SSSR count). The Morgan fingerprint density at radius 1 is 1.50 bits per heavy atom. The maximum atomic E-state index is 13.3. The average molecular weight is 308 g/mol. The molecule has 3 N–H and O–H groups in total. The third kappa shape index (κ3) is 3.46. The molecule has 0 bridgehead atoms. The molecule has 0 radical (unpaired) electrons. The van der Waals surface area contributed by atoms with Crippen LogP contribution in [0.4, 0.5) is 10.1 Å². The summed E-state index contributed by atoms with van der Waals surface area (Å²) >= 11 is 0. The summed E-state index contributed by atoms with van der Waals surface area (Å²) in [5, 5.41) is 28.0. The van der Waals surface area contributed by atoms with Crippen molar-refractivity contribution >= 4 is 21.7 Å². The smallest absolute Gasteiger partial charge is 0.333 e. The van der Waals surface area contributed by atoms with E-state index in [0.717, 1.165) is 12.1 Å². The number of nitro groups is 1. The quantitative estimate of drug-likeness (QED) is 0.472. The summed E-state index contributed by atoms with van der Waals surface area (Å²) in [7, 11) is -4.54. The summed E-state index contributed by atoms with van der Waals surface area (Å²) in [6.07, 6.45) is -2.03. The number of aliphatic carboxylic acids is 1. The maximum absolute atomic E-state index is 13.3. The average Bonchev–Trinajstić information content (AvgIpc) is 2.35. The molecule has 1 aromatic rings. The van der Waals surface area contributed by atoms with Crippen molar-refractivity contribution in [3.05, 3.63) is 34.1 Å². The van der Waals surface area contributed by atoms with Gasteiger partial charge in [0.2, 0.25) is 15.8 Å². The third-order valence-corrected chi connectivity index (χ3v) is 3.63. The first kappa shape index (κ1) is 15.9. The zero-order valence-electron chi connectivity index (χ0n) is 9.69. The number of benzene rings is 1. The van der Waals surface area contributed by atoms with Crippen LogP contribution < -0.4 is 4.72 Å². The molecule has 0 saturated heterocycles. The lowest BCUT2D eigenvalue weighted by atomic mass is 10.3. The van der Waals surface area contributed by atoms with Crippen LogP contribution in [0, 0.1) is 15.9 Å². The highest BCUT2D eigenvalue weighted by molar-refractivity contribution is 7.89. The fourth-order valence-corrected chi connectivity index (χ4v) is 2.46. The van der Waals surface area contributed by atoms with Gasteiger partial charge >= 0.3 is 11.7 Å². The summed E-state index contributed by atoms with van der Waals surface area (Å²) < 4.78 is 38.4. The molecule has 0 aliphatic rings. The number of carboxylic acid groups (broad SMARTS) is 1. The Morgan fingerprint density at radius 3 is 2.60 bits per heavy atom. The predicted molar refractivity (Wildman–Crippen MR) is 61.9 cm³/mol. The number of nitrogens with zero attached hydrogens (tertiary/aromatic N) is 1. The van der Waals surface area contributed by atoms with Gasteiger partial charge in [0.15, 0.2) is 11.0 Å². The van der Waals surface area contributed by atoms with Crippen molar-refractivity contribution in [2.45, 2.75) is 11.0 Å². The normalized spacial score (nSPS) is 12.9. The maximum Gasteiger partial charge on any atom is 0.333 e. The lowest BCUT2D eigenvalue weighted by Crippen LogP contribution is -2.36. The molecule has 0 aromatic heterocycles. The van der Waals surface area contributed by atoms with Crippen molar-refractivity contribution in [2.75, 3.05) is 6.54 Å². The van der Waals surface area contributed by atoms with Crippen molar-refractivity contribution in [3.8, 4) is 0 Å². The Bertz CT molecular complexity index is 646. The highest BCUT2D eigenvalue weighted by Gasteiger charge is 2.30. The monoisotopic (exact) mass is 308 g/mol. The first-order valence-corrected chi connectivity index (χ1v) is 6.48. The minimum Gasteiger partial charge on any atom is -0.479 e. The van der Waals surface area contributed by atoms with Crippen LogP contribution in [0.15, 0.2) is 23.1 Å². The van der Waals surface area contributed by atoms with E-state index in [1.165, 1.54) is 0 Å². The second kappa shape index (κ2) is 5.90.